The number of hydrogen-bond acceptors (Lipinski definition) is 3. The van der Waals surface area contributed by atoms with Gasteiger partial charge in [-0.05, 0) is 48.9 Å². The number of hydrogen-bond donors (Lipinski definition) is 0. The maximum atomic E-state index is 13.4. The SMILES string of the molecule is Cc1ccc(C(=O)N(Cc2ccccc2)C2CC(=O)N(c3ccc(Cl)cc3)C2=O)cc1. The van der Waals surface area contributed by atoms with Crippen molar-refractivity contribution in [2.75, 3.05) is 4.90 Å². The van der Waals surface area contributed by atoms with Crippen LogP contribution in [-0.4, -0.2) is 28.7 Å². The van der Waals surface area contributed by atoms with Crippen molar-refractivity contribution < 1.29 is 14.4 Å². The zero-order valence-corrected chi connectivity index (χ0v) is 17.8. The molecule has 0 aromatic heterocycles. The number of imide groups is 1. The minimum atomic E-state index is -0.878. The standard InChI is InChI=1S/C25H21ClN2O3/c1-17-7-9-19(10-8-17)24(30)27(16-18-5-3-2-4-6-18)22-15-23(29)28(25(22)31)21-13-11-20(26)12-14-21/h2-14,22H,15-16H2,1H3. The number of nitrogens with zero attached hydrogens (tertiary/aromatic N) is 2. The normalized spacial score (nSPS) is 15.9. The zero-order chi connectivity index (χ0) is 22.0. The third-order valence-electron chi connectivity index (χ3n) is 5.34. The lowest BCUT2D eigenvalue weighted by molar-refractivity contribution is -0.122. The molecule has 0 saturated carbocycles. The van der Waals surface area contributed by atoms with Crippen LogP contribution < -0.4 is 4.90 Å². The summed E-state index contributed by atoms with van der Waals surface area (Å²) < 4.78 is 0. The second kappa shape index (κ2) is 8.74. The fraction of sp³-hybridized carbons (Fsp3) is 0.160. The molecule has 1 aliphatic rings. The van der Waals surface area contributed by atoms with Crippen LogP contribution in [0.2, 0.25) is 5.02 Å². The topological polar surface area (TPSA) is 57.7 Å². The molecule has 0 spiro atoms. The van der Waals surface area contributed by atoms with Crippen molar-refractivity contribution >= 4 is 35.0 Å². The van der Waals surface area contributed by atoms with Crippen molar-refractivity contribution in [3.05, 3.63) is 101 Å². The van der Waals surface area contributed by atoms with E-state index in [1.165, 1.54) is 4.90 Å². The second-order valence-electron chi connectivity index (χ2n) is 7.55. The Hall–Kier alpha value is -3.44. The van der Waals surface area contributed by atoms with E-state index in [9.17, 15) is 14.4 Å². The summed E-state index contributed by atoms with van der Waals surface area (Å²) >= 11 is 5.94. The Kier molecular flexibility index (Phi) is 5.87. The third-order valence-corrected chi connectivity index (χ3v) is 5.59. The molecule has 5 nitrogen and oxygen atoms in total. The van der Waals surface area contributed by atoms with Crippen LogP contribution in [0.25, 0.3) is 0 Å². The zero-order valence-electron chi connectivity index (χ0n) is 17.0. The molecule has 4 rings (SSSR count). The number of halogens is 1. The maximum Gasteiger partial charge on any atom is 0.257 e. The monoisotopic (exact) mass is 432 g/mol. The first-order valence-corrected chi connectivity index (χ1v) is 10.4. The predicted octanol–water partition coefficient (Wildman–Crippen LogP) is 4.62. The summed E-state index contributed by atoms with van der Waals surface area (Å²) in [6.45, 7) is 2.17. The first-order chi connectivity index (χ1) is 14.9. The highest BCUT2D eigenvalue weighted by molar-refractivity contribution is 6.31. The molecule has 3 aromatic rings. The Bertz CT molecular complexity index is 1110. The Labute approximate surface area is 185 Å². The van der Waals surface area contributed by atoms with Crippen LogP contribution in [0.1, 0.15) is 27.9 Å². The molecule has 3 amide bonds. The smallest absolute Gasteiger partial charge is 0.257 e. The molecule has 0 bridgehead atoms. The molecular formula is C25H21ClN2O3. The fourth-order valence-corrected chi connectivity index (χ4v) is 3.81. The molecule has 31 heavy (non-hydrogen) atoms. The summed E-state index contributed by atoms with van der Waals surface area (Å²) in [6.07, 6.45) is -0.0636. The quantitative estimate of drug-likeness (QED) is 0.552. The van der Waals surface area contributed by atoms with E-state index in [1.807, 2.05) is 49.4 Å². The number of rotatable bonds is 5. The Balaban J connectivity index is 1.68. The average molecular weight is 433 g/mol. The molecule has 0 aliphatic carbocycles. The minimum Gasteiger partial charge on any atom is -0.322 e. The summed E-state index contributed by atoms with van der Waals surface area (Å²) in [7, 11) is 0. The Morgan fingerprint density at radius 2 is 1.61 bits per heavy atom. The molecule has 3 aromatic carbocycles. The van der Waals surface area contributed by atoms with E-state index in [2.05, 4.69) is 0 Å². The van der Waals surface area contributed by atoms with Crippen LogP contribution in [0.4, 0.5) is 5.69 Å². The first kappa shape index (κ1) is 20.8. The highest BCUT2D eigenvalue weighted by Crippen LogP contribution is 2.28. The van der Waals surface area contributed by atoms with Crippen LogP contribution in [0.15, 0.2) is 78.9 Å². The van der Waals surface area contributed by atoms with Gasteiger partial charge in [0.2, 0.25) is 5.91 Å². The number of benzene rings is 3. The minimum absolute atomic E-state index is 0.0636. The number of amides is 3. The number of carbonyl (C=O) groups excluding carboxylic acids is 3. The molecule has 6 heteroatoms. The van der Waals surface area contributed by atoms with Gasteiger partial charge < -0.3 is 4.90 Å². The van der Waals surface area contributed by atoms with E-state index in [0.29, 0.717) is 16.3 Å². The van der Waals surface area contributed by atoms with Gasteiger partial charge in [0.05, 0.1) is 12.1 Å². The highest BCUT2D eigenvalue weighted by atomic mass is 35.5. The molecule has 1 saturated heterocycles. The molecule has 0 radical (unpaired) electrons. The van der Waals surface area contributed by atoms with Crippen molar-refractivity contribution in [1.82, 2.24) is 4.90 Å². The largest absolute Gasteiger partial charge is 0.322 e. The molecule has 0 N–H and O–H groups in total. The third kappa shape index (κ3) is 4.37. The average Bonchev–Trinajstić information content (AvgIpc) is 3.07. The summed E-state index contributed by atoms with van der Waals surface area (Å²) in [6, 6.07) is 22.3. The van der Waals surface area contributed by atoms with Gasteiger partial charge in [-0.3, -0.25) is 14.4 Å². The maximum absolute atomic E-state index is 13.4. The van der Waals surface area contributed by atoms with Gasteiger partial charge in [0.15, 0.2) is 0 Å². The van der Waals surface area contributed by atoms with Crippen LogP contribution in [-0.2, 0) is 16.1 Å². The first-order valence-electron chi connectivity index (χ1n) is 9.98. The van der Waals surface area contributed by atoms with Gasteiger partial charge >= 0.3 is 0 Å². The van der Waals surface area contributed by atoms with Crippen molar-refractivity contribution in [2.45, 2.75) is 25.9 Å². The van der Waals surface area contributed by atoms with Crippen LogP contribution >= 0.6 is 11.6 Å². The van der Waals surface area contributed by atoms with E-state index in [-0.39, 0.29) is 24.8 Å². The van der Waals surface area contributed by atoms with Crippen molar-refractivity contribution in [3.8, 4) is 0 Å². The van der Waals surface area contributed by atoms with E-state index >= 15 is 0 Å². The lowest BCUT2D eigenvalue weighted by atomic mass is 10.1. The van der Waals surface area contributed by atoms with Gasteiger partial charge in [0.1, 0.15) is 6.04 Å². The summed E-state index contributed by atoms with van der Waals surface area (Å²) in [4.78, 5) is 42.1. The van der Waals surface area contributed by atoms with Crippen LogP contribution in [0.3, 0.4) is 0 Å². The van der Waals surface area contributed by atoms with E-state index < -0.39 is 11.9 Å². The molecule has 1 aliphatic heterocycles. The van der Waals surface area contributed by atoms with E-state index in [0.717, 1.165) is 16.0 Å². The lowest BCUT2D eigenvalue weighted by Crippen LogP contribution is -2.45. The molecule has 1 atom stereocenters. The summed E-state index contributed by atoms with van der Waals surface area (Å²) in [5.41, 5.74) is 2.84. The van der Waals surface area contributed by atoms with Crippen LogP contribution in [0, 0.1) is 6.92 Å². The number of anilines is 1. The molecular weight excluding hydrogens is 412 g/mol. The Morgan fingerprint density at radius 3 is 2.26 bits per heavy atom. The van der Waals surface area contributed by atoms with Crippen molar-refractivity contribution in [2.24, 2.45) is 0 Å². The summed E-state index contributed by atoms with van der Waals surface area (Å²) in [5, 5.41) is 0.514. The Morgan fingerprint density at radius 1 is 0.968 bits per heavy atom. The molecule has 1 unspecified atom stereocenters. The van der Waals surface area contributed by atoms with Gasteiger partial charge in [-0.1, -0.05) is 59.6 Å². The molecule has 156 valence electrons. The lowest BCUT2D eigenvalue weighted by Gasteiger charge is -2.28. The van der Waals surface area contributed by atoms with Gasteiger partial charge in [-0.15, -0.1) is 0 Å². The number of aryl methyl sites for hydroxylation is 1. The highest BCUT2D eigenvalue weighted by Gasteiger charge is 2.44. The van der Waals surface area contributed by atoms with Gasteiger partial charge in [0, 0.05) is 17.1 Å². The van der Waals surface area contributed by atoms with Gasteiger partial charge in [0.25, 0.3) is 11.8 Å². The number of carbonyl (C=O) groups is 3. The van der Waals surface area contributed by atoms with Crippen LogP contribution in [0.5, 0.6) is 0 Å². The van der Waals surface area contributed by atoms with Gasteiger partial charge in [-0.25, -0.2) is 4.90 Å². The predicted molar refractivity (Wildman–Crippen MR) is 120 cm³/mol. The van der Waals surface area contributed by atoms with Gasteiger partial charge in [-0.2, -0.15) is 0 Å². The molecule has 1 heterocycles. The molecule has 1 fully saturated rings. The fourth-order valence-electron chi connectivity index (χ4n) is 3.69. The van der Waals surface area contributed by atoms with E-state index in [4.69, 9.17) is 11.6 Å². The van der Waals surface area contributed by atoms with Crippen molar-refractivity contribution in [3.63, 3.8) is 0 Å². The van der Waals surface area contributed by atoms with E-state index in [1.54, 1.807) is 36.4 Å². The summed E-state index contributed by atoms with van der Waals surface area (Å²) in [5.74, 6) is -1.04. The second-order valence-corrected chi connectivity index (χ2v) is 7.98. The van der Waals surface area contributed by atoms with Crippen molar-refractivity contribution in [1.29, 1.82) is 0 Å².